The highest BCUT2D eigenvalue weighted by Gasteiger charge is 2.44. The van der Waals surface area contributed by atoms with E-state index in [1.54, 1.807) is 11.1 Å². The van der Waals surface area contributed by atoms with E-state index in [2.05, 4.69) is 98.8 Å². The normalized spacial score (nSPS) is 19.0. The Morgan fingerprint density at radius 3 is 2.04 bits per heavy atom. The lowest BCUT2D eigenvalue weighted by Gasteiger charge is -2.35. The van der Waals surface area contributed by atoms with Gasteiger partial charge in [-0.25, -0.2) is 0 Å². The molecule has 0 spiro atoms. The van der Waals surface area contributed by atoms with Crippen LogP contribution in [0, 0.1) is 0 Å². The van der Waals surface area contributed by atoms with E-state index in [0.29, 0.717) is 11.1 Å². The number of allylic oxidation sites excluding steroid dienone is 3. The van der Waals surface area contributed by atoms with E-state index in [1.807, 2.05) is 0 Å². The lowest BCUT2D eigenvalue weighted by molar-refractivity contribution is 0.414. The summed E-state index contributed by atoms with van der Waals surface area (Å²) < 4.78 is 0. The average molecular weight is 360 g/mol. The SMILES string of the molecule is CN(C)CCC1=CC([Si](C)(C)C2c3ccccc3-c3ccccc32)C=C1. The molecule has 134 valence electrons. The van der Waals surface area contributed by atoms with Gasteiger partial charge in [0.2, 0.25) is 0 Å². The summed E-state index contributed by atoms with van der Waals surface area (Å²) in [6, 6.07) is 18.1. The van der Waals surface area contributed by atoms with Crippen LogP contribution in [0.4, 0.5) is 0 Å². The third-order valence-electron chi connectivity index (χ3n) is 6.20. The van der Waals surface area contributed by atoms with Gasteiger partial charge in [-0.3, -0.25) is 0 Å². The minimum atomic E-state index is -1.61. The molecule has 26 heavy (non-hydrogen) atoms. The van der Waals surface area contributed by atoms with E-state index in [9.17, 15) is 0 Å². The molecule has 0 amide bonds. The molecule has 2 aromatic carbocycles. The average Bonchev–Trinajstić information content (AvgIpc) is 3.23. The summed E-state index contributed by atoms with van der Waals surface area (Å²) in [5.74, 6) is 0. The highest BCUT2D eigenvalue weighted by Crippen LogP contribution is 2.52. The molecule has 0 saturated heterocycles. The summed E-state index contributed by atoms with van der Waals surface area (Å²) in [5.41, 5.74) is 8.71. The first-order valence-electron chi connectivity index (χ1n) is 9.70. The highest BCUT2D eigenvalue weighted by atomic mass is 28.3. The molecule has 0 heterocycles. The van der Waals surface area contributed by atoms with Crippen LogP contribution >= 0.6 is 0 Å². The van der Waals surface area contributed by atoms with Gasteiger partial charge in [-0.1, -0.05) is 85.4 Å². The van der Waals surface area contributed by atoms with Crippen LogP contribution < -0.4 is 0 Å². The van der Waals surface area contributed by atoms with E-state index >= 15 is 0 Å². The van der Waals surface area contributed by atoms with E-state index < -0.39 is 8.07 Å². The van der Waals surface area contributed by atoms with Gasteiger partial charge in [0.25, 0.3) is 0 Å². The molecule has 0 radical (unpaired) electrons. The molecule has 1 atom stereocenters. The topological polar surface area (TPSA) is 3.24 Å². The van der Waals surface area contributed by atoms with Gasteiger partial charge in [0.1, 0.15) is 0 Å². The predicted molar refractivity (Wildman–Crippen MR) is 115 cm³/mol. The fourth-order valence-corrected chi connectivity index (χ4v) is 8.43. The number of rotatable bonds is 5. The summed E-state index contributed by atoms with van der Waals surface area (Å²) in [4.78, 5) is 2.27. The highest BCUT2D eigenvalue weighted by molar-refractivity contribution is 6.82. The predicted octanol–water partition coefficient (Wildman–Crippen LogP) is 5.86. The van der Waals surface area contributed by atoms with Crippen LogP contribution in [0.2, 0.25) is 18.6 Å². The van der Waals surface area contributed by atoms with Crippen LogP contribution in [-0.2, 0) is 0 Å². The Balaban J connectivity index is 1.70. The van der Waals surface area contributed by atoms with Gasteiger partial charge in [0.15, 0.2) is 0 Å². The second-order valence-electron chi connectivity index (χ2n) is 8.61. The summed E-state index contributed by atoms with van der Waals surface area (Å²) in [7, 11) is 2.69. The maximum absolute atomic E-state index is 2.58. The Kier molecular flexibility index (Phi) is 4.50. The smallest absolute Gasteiger partial charge is 0.0715 e. The first-order valence-corrected chi connectivity index (χ1v) is 12.9. The van der Waals surface area contributed by atoms with Gasteiger partial charge in [0.05, 0.1) is 8.07 Å². The standard InChI is InChI=1S/C24H29NSi/c1-25(2)16-15-18-13-14-19(17-18)26(3,4)24-22-11-7-5-9-20(22)21-10-6-8-12-23(21)24/h5-14,17,19,24H,15-16H2,1-4H3. The molecule has 0 N–H and O–H groups in total. The zero-order chi connectivity index (χ0) is 18.3. The molecule has 2 heteroatoms. The maximum Gasteiger partial charge on any atom is 0.0715 e. The van der Waals surface area contributed by atoms with Crippen molar-refractivity contribution in [2.75, 3.05) is 20.6 Å². The van der Waals surface area contributed by atoms with E-state index in [1.165, 1.54) is 16.7 Å². The molecule has 0 aromatic heterocycles. The van der Waals surface area contributed by atoms with Crippen molar-refractivity contribution in [1.29, 1.82) is 0 Å². The molecule has 0 bridgehead atoms. The molecule has 2 aromatic rings. The molecule has 0 aliphatic heterocycles. The molecule has 0 fully saturated rings. The Labute approximate surface area is 159 Å². The summed E-state index contributed by atoms with van der Waals surface area (Å²) in [6.07, 6.45) is 8.60. The Hall–Kier alpha value is -1.90. The van der Waals surface area contributed by atoms with Crippen LogP contribution in [0.25, 0.3) is 11.1 Å². The first kappa shape index (κ1) is 17.5. The Bertz CT molecular complexity index is 830. The van der Waals surface area contributed by atoms with Crippen LogP contribution in [0.5, 0.6) is 0 Å². The molecule has 1 nitrogen and oxygen atoms in total. The van der Waals surface area contributed by atoms with Crippen molar-refractivity contribution in [3.05, 3.63) is 83.5 Å². The van der Waals surface area contributed by atoms with Crippen LogP contribution in [0.3, 0.4) is 0 Å². The summed E-state index contributed by atoms with van der Waals surface area (Å²) in [5, 5.41) is 0. The summed E-state index contributed by atoms with van der Waals surface area (Å²) in [6.45, 7) is 6.29. The Morgan fingerprint density at radius 1 is 0.885 bits per heavy atom. The third kappa shape index (κ3) is 2.91. The fourth-order valence-electron chi connectivity index (χ4n) is 4.70. The van der Waals surface area contributed by atoms with E-state index in [0.717, 1.165) is 13.0 Å². The largest absolute Gasteiger partial charge is 0.309 e. The van der Waals surface area contributed by atoms with Crippen molar-refractivity contribution in [1.82, 2.24) is 4.90 Å². The van der Waals surface area contributed by atoms with Gasteiger partial charge in [-0.2, -0.15) is 0 Å². The lowest BCUT2D eigenvalue weighted by atomic mass is 10.1. The number of hydrogen-bond acceptors (Lipinski definition) is 1. The van der Waals surface area contributed by atoms with Crippen molar-refractivity contribution in [2.24, 2.45) is 0 Å². The maximum atomic E-state index is 2.58. The molecule has 1 unspecified atom stereocenters. The lowest BCUT2D eigenvalue weighted by Crippen LogP contribution is -2.38. The van der Waals surface area contributed by atoms with Gasteiger partial charge in [0, 0.05) is 12.1 Å². The fraction of sp³-hybridized carbons (Fsp3) is 0.333. The van der Waals surface area contributed by atoms with Crippen molar-refractivity contribution in [3.63, 3.8) is 0 Å². The van der Waals surface area contributed by atoms with Gasteiger partial charge in [-0.05, 0) is 48.3 Å². The number of hydrogen-bond donors (Lipinski definition) is 0. The minimum absolute atomic E-state index is 0.578. The van der Waals surface area contributed by atoms with Crippen LogP contribution in [0.1, 0.15) is 23.1 Å². The summed E-state index contributed by atoms with van der Waals surface area (Å²) >= 11 is 0. The zero-order valence-corrected chi connectivity index (χ0v) is 17.4. The van der Waals surface area contributed by atoms with Crippen LogP contribution in [0.15, 0.2) is 72.3 Å². The second kappa shape index (κ2) is 6.68. The van der Waals surface area contributed by atoms with Crippen molar-refractivity contribution < 1.29 is 0 Å². The third-order valence-corrected chi connectivity index (χ3v) is 10.4. The van der Waals surface area contributed by atoms with Gasteiger partial charge in [-0.15, -0.1) is 0 Å². The van der Waals surface area contributed by atoms with Gasteiger partial charge >= 0.3 is 0 Å². The van der Waals surface area contributed by atoms with Crippen molar-refractivity contribution in [2.45, 2.75) is 30.6 Å². The van der Waals surface area contributed by atoms with Crippen LogP contribution in [-0.4, -0.2) is 33.6 Å². The van der Waals surface area contributed by atoms with E-state index in [4.69, 9.17) is 0 Å². The molecular formula is C24H29NSi. The molecular weight excluding hydrogens is 330 g/mol. The molecule has 2 aliphatic rings. The first-order chi connectivity index (χ1) is 12.5. The Morgan fingerprint density at radius 2 is 1.46 bits per heavy atom. The second-order valence-corrected chi connectivity index (χ2v) is 13.5. The van der Waals surface area contributed by atoms with E-state index in [-0.39, 0.29) is 0 Å². The minimum Gasteiger partial charge on any atom is -0.309 e. The van der Waals surface area contributed by atoms with Gasteiger partial charge < -0.3 is 4.90 Å². The van der Waals surface area contributed by atoms with Crippen molar-refractivity contribution >= 4 is 8.07 Å². The molecule has 4 rings (SSSR count). The zero-order valence-electron chi connectivity index (χ0n) is 16.4. The molecule has 2 aliphatic carbocycles. The number of benzene rings is 2. The van der Waals surface area contributed by atoms with Crippen molar-refractivity contribution in [3.8, 4) is 11.1 Å². The number of fused-ring (bicyclic) bond motifs is 3. The molecule has 0 saturated carbocycles. The quantitative estimate of drug-likeness (QED) is 0.604. The monoisotopic (exact) mass is 359 g/mol. The number of nitrogens with zero attached hydrogens (tertiary/aromatic N) is 1.